The highest BCUT2D eigenvalue weighted by Gasteiger charge is 2.28. The molecule has 1 unspecified atom stereocenters. The average molecular weight is 499 g/mol. The lowest BCUT2D eigenvalue weighted by Crippen LogP contribution is -2.32. The fourth-order valence-electron chi connectivity index (χ4n) is 4.50. The highest BCUT2D eigenvalue weighted by Crippen LogP contribution is 2.44. The van der Waals surface area contributed by atoms with Gasteiger partial charge in [0.1, 0.15) is 6.61 Å². The second-order valence-corrected chi connectivity index (χ2v) is 10.3. The Morgan fingerprint density at radius 2 is 1.63 bits per heavy atom. The van der Waals surface area contributed by atoms with Gasteiger partial charge in [-0.1, -0.05) is 62.4 Å². The molecule has 0 radical (unpaired) electrons. The number of carbonyl (C=O) groups excluding carboxylic acids is 2. The highest BCUT2D eigenvalue weighted by atomic mass is 32.2. The van der Waals surface area contributed by atoms with Gasteiger partial charge in [0.25, 0.3) is 0 Å². The summed E-state index contributed by atoms with van der Waals surface area (Å²) in [5.74, 6) is 0.169. The van der Waals surface area contributed by atoms with Gasteiger partial charge in [0.2, 0.25) is 5.91 Å². The van der Waals surface area contributed by atoms with Crippen molar-refractivity contribution in [1.82, 2.24) is 10.6 Å². The van der Waals surface area contributed by atoms with Gasteiger partial charge in [-0.25, -0.2) is 4.79 Å². The van der Waals surface area contributed by atoms with Crippen molar-refractivity contribution in [2.45, 2.75) is 32.6 Å². The van der Waals surface area contributed by atoms with Crippen molar-refractivity contribution in [3.8, 4) is 11.1 Å². The van der Waals surface area contributed by atoms with Gasteiger partial charge in [-0.3, -0.25) is 9.59 Å². The van der Waals surface area contributed by atoms with E-state index in [9.17, 15) is 14.4 Å². The first-order valence-electron chi connectivity index (χ1n) is 12.0. The smallest absolute Gasteiger partial charge is 0.407 e. The summed E-state index contributed by atoms with van der Waals surface area (Å²) in [6.07, 6.45) is 0.335. The third kappa shape index (κ3) is 8.02. The number of fused-ring (bicyclic) bond motifs is 3. The number of aliphatic carboxylic acids is 1. The second kappa shape index (κ2) is 13.2. The number of ether oxygens (including phenoxy) is 1. The van der Waals surface area contributed by atoms with E-state index in [4.69, 9.17) is 9.84 Å². The Hall–Kier alpha value is -3.00. The first-order chi connectivity index (χ1) is 16.8. The summed E-state index contributed by atoms with van der Waals surface area (Å²) >= 11 is 1.41. The van der Waals surface area contributed by atoms with Crippen LogP contribution in [0.25, 0.3) is 11.1 Å². The number of rotatable bonds is 13. The van der Waals surface area contributed by atoms with Crippen LogP contribution in [0.2, 0.25) is 0 Å². The molecule has 1 aliphatic carbocycles. The molecular formula is C27H34N2O5S. The quantitative estimate of drug-likeness (QED) is 0.351. The van der Waals surface area contributed by atoms with E-state index in [2.05, 4.69) is 34.9 Å². The van der Waals surface area contributed by atoms with Crippen molar-refractivity contribution < 1.29 is 24.2 Å². The molecule has 1 atom stereocenters. The first kappa shape index (κ1) is 26.6. The van der Waals surface area contributed by atoms with Gasteiger partial charge < -0.3 is 20.5 Å². The summed E-state index contributed by atoms with van der Waals surface area (Å²) in [5, 5.41) is 14.6. The van der Waals surface area contributed by atoms with Crippen LogP contribution in [0.4, 0.5) is 4.79 Å². The molecule has 3 N–H and O–H groups in total. The molecule has 2 amide bonds. The zero-order valence-electron chi connectivity index (χ0n) is 20.3. The van der Waals surface area contributed by atoms with Gasteiger partial charge in [-0.2, -0.15) is 11.8 Å². The summed E-state index contributed by atoms with van der Waals surface area (Å²) in [6, 6.07) is 16.4. The number of nitrogens with one attached hydrogen (secondary N) is 2. The third-order valence-electron chi connectivity index (χ3n) is 5.95. The average Bonchev–Trinajstić information content (AvgIpc) is 3.14. The van der Waals surface area contributed by atoms with Crippen LogP contribution in [0.15, 0.2) is 48.5 Å². The number of amides is 2. The van der Waals surface area contributed by atoms with Gasteiger partial charge in [0, 0.05) is 31.2 Å². The lowest BCUT2D eigenvalue weighted by molar-refractivity contribution is -0.138. The number of hydrogen-bond acceptors (Lipinski definition) is 5. The predicted molar refractivity (Wildman–Crippen MR) is 139 cm³/mol. The normalized spacial score (nSPS) is 13.1. The molecule has 35 heavy (non-hydrogen) atoms. The maximum absolute atomic E-state index is 12.2. The summed E-state index contributed by atoms with van der Waals surface area (Å²) in [7, 11) is 0. The van der Waals surface area contributed by atoms with Crippen molar-refractivity contribution in [1.29, 1.82) is 0 Å². The molecule has 0 saturated heterocycles. The molecule has 0 saturated carbocycles. The second-order valence-electron chi connectivity index (χ2n) is 9.20. The van der Waals surface area contributed by atoms with Crippen molar-refractivity contribution in [3.63, 3.8) is 0 Å². The monoisotopic (exact) mass is 498 g/mol. The third-order valence-corrected chi connectivity index (χ3v) is 6.91. The minimum atomic E-state index is -0.849. The van der Waals surface area contributed by atoms with Crippen LogP contribution in [-0.2, 0) is 14.3 Å². The number of carbonyl (C=O) groups is 3. The van der Waals surface area contributed by atoms with Gasteiger partial charge in [-0.15, -0.1) is 0 Å². The lowest BCUT2D eigenvalue weighted by Gasteiger charge is -2.17. The van der Waals surface area contributed by atoms with Crippen molar-refractivity contribution in [3.05, 3.63) is 59.7 Å². The van der Waals surface area contributed by atoms with Crippen LogP contribution in [0.3, 0.4) is 0 Å². The Bertz CT molecular complexity index is 981. The molecule has 2 aromatic rings. The zero-order valence-corrected chi connectivity index (χ0v) is 21.1. The molecule has 7 nitrogen and oxygen atoms in total. The molecular weight excluding hydrogens is 464 g/mol. The number of hydrogen-bond donors (Lipinski definition) is 3. The minimum absolute atomic E-state index is 0.0202. The Morgan fingerprint density at radius 1 is 1.00 bits per heavy atom. The van der Waals surface area contributed by atoms with E-state index in [0.717, 1.165) is 6.42 Å². The fraction of sp³-hybridized carbons (Fsp3) is 0.444. The molecule has 0 fully saturated rings. The fourth-order valence-corrected chi connectivity index (χ4v) is 5.18. The molecule has 3 rings (SSSR count). The van der Waals surface area contributed by atoms with E-state index in [1.165, 1.54) is 34.0 Å². The molecule has 0 heterocycles. The first-order valence-corrected chi connectivity index (χ1v) is 13.2. The van der Waals surface area contributed by atoms with Gasteiger partial charge in [0.15, 0.2) is 0 Å². The summed E-state index contributed by atoms with van der Waals surface area (Å²) < 4.78 is 5.51. The van der Waals surface area contributed by atoms with E-state index in [1.54, 1.807) is 0 Å². The van der Waals surface area contributed by atoms with Crippen LogP contribution in [0, 0.1) is 11.8 Å². The number of carboxylic acids is 1. The molecule has 2 aromatic carbocycles. The van der Waals surface area contributed by atoms with E-state index < -0.39 is 12.1 Å². The largest absolute Gasteiger partial charge is 0.481 e. The van der Waals surface area contributed by atoms with E-state index in [-0.39, 0.29) is 36.5 Å². The number of alkyl carbamates (subject to hydrolysis) is 1. The molecule has 1 aliphatic rings. The topological polar surface area (TPSA) is 105 Å². The molecule has 0 aromatic heterocycles. The Balaban J connectivity index is 1.33. The van der Waals surface area contributed by atoms with Crippen molar-refractivity contribution >= 4 is 29.7 Å². The standard InChI is InChI=1S/C27H34N2O5S/c1-18(2)13-19(14-26(31)32)15-29-25(30)17-35-12-11-28-27(33)34-16-24-22-9-5-3-7-20(22)21-8-4-6-10-23(21)24/h3-10,18-19,24H,11-17H2,1-2H3,(H,28,33)(H,29,30)(H,31,32). The molecule has 8 heteroatoms. The van der Waals surface area contributed by atoms with E-state index in [1.807, 2.05) is 38.1 Å². The molecule has 0 aliphatic heterocycles. The van der Waals surface area contributed by atoms with E-state index >= 15 is 0 Å². The molecule has 0 spiro atoms. The Kier molecular flexibility index (Phi) is 10.0. The summed E-state index contributed by atoms with van der Waals surface area (Å²) in [6.45, 7) is 5.10. The van der Waals surface area contributed by atoms with Gasteiger partial charge in [0.05, 0.1) is 5.75 Å². The summed E-state index contributed by atoms with van der Waals surface area (Å²) in [5.41, 5.74) is 4.71. The minimum Gasteiger partial charge on any atom is -0.481 e. The Morgan fingerprint density at radius 3 is 2.23 bits per heavy atom. The zero-order chi connectivity index (χ0) is 25.2. The SMILES string of the molecule is CC(C)CC(CNC(=O)CSCCNC(=O)OCC1c2ccccc2-c2ccccc21)CC(=O)O. The maximum Gasteiger partial charge on any atom is 0.407 e. The van der Waals surface area contributed by atoms with Gasteiger partial charge in [-0.05, 0) is 40.5 Å². The van der Waals surface area contributed by atoms with Crippen LogP contribution in [0.1, 0.15) is 43.7 Å². The maximum atomic E-state index is 12.2. The van der Waals surface area contributed by atoms with Crippen LogP contribution in [-0.4, -0.2) is 54.3 Å². The number of thioether (sulfide) groups is 1. The number of benzene rings is 2. The number of carboxylic acid groups (broad SMARTS) is 1. The predicted octanol–water partition coefficient (Wildman–Crippen LogP) is 4.51. The van der Waals surface area contributed by atoms with Crippen LogP contribution >= 0.6 is 11.8 Å². The van der Waals surface area contributed by atoms with Gasteiger partial charge >= 0.3 is 12.1 Å². The molecule has 188 valence electrons. The Labute approximate surface area is 211 Å². The van der Waals surface area contributed by atoms with E-state index in [0.29, 0.717) is 24.8 Å². The molecule has 0 bridgehead atoms. The lowest BCUT2D eigenvalue weighted by atomic mass is 9.94. The highest BCUT2D eigenvalue weighted by molar-refractivity contribution is 7.99. The van der Waals surface area contributed by atoms with Crippen molar-refractivity contribution in [2.24, 2.45) is 11.8 Å². The van der Waals surface area contributed by atoms with Crippen LogP contribution < -0.4 is 10.6 Å². The van der Waals surface area contributed by atoms with Crippen molar-refractivity contribution in [2.75, 3.05) is 31.2 Å². The summed E-state index contributed by atoms with van der Waals surface area (Å²) in [4.78, 5) is 35.3. The van der Waals surface area contributed by atoms with Crippen LogP contribution in [0.5, 0.6) is 0 Å².